The second-order valence-electron chi connectivity index (χ2n) is 6.27. The zero-order chi connectivity index (χ0) is 15.3. The van der Waals surface area contributed by atoms with Crippen LogP contribution < -0.4 is 11.1 Å². The molecule has 1 rings (SSSR count). The van der Waals surface area contributed by atoms with Crippen molar-refractivity contribution >= 4 is 12.0 Å². The maximum Gasteiger partial charge on any atom is 0.408 e. The van der Waals surface area contributed by atoms with E-state index in [1.165, 1.54) is 0 Å². The van der Waals surface area contributed by atoms with Crippen molar-refractivity contribution in [1.29, 1.82) is 0 Å². The third-order valence-corrected chi connectivity index (χ3v) is 3.25. The molecule has 0 aromatic carbocycles. The van der Waals surface area contributed by atoms with Gasteiger partial charge in [0, 0.05) is 19.1 Å². The van der Waals surface area contributed by atoms with E-state index in [4.69, 9.17) is 10.5 Å². The molecule has 3 N–H and O–H groups in total. The number of nitrogens with zero attached hydrogens (tertiary/aromatic N) is 1. The number of amides is 2. The minimum Gasteiger partial charge on any atom is -0.444 e. The summed E-state index contributed by atoms with van der Waals surface area (Å²) in [6, 6.07) is -0.350. The first-order valence-electron chi connectivity index (χ1n) is 7.27. The van der Waals surface area contributed by atoms with Crippen LogP contribution in [0.4, 0.5) is 4.79 Å². The molecule has 1 heterocycles. The highest BCUT2D eigenvalue weighted by atomic mass is 16.6. The lowest BCUT2D eigenvalue weighted by Crippen LogP contribution is -2.52. The van der Waals surface area contributed by atoms with Gasteiger partial charge in [0.1, 0.15) is 11.6 Å². The van der Waals surface area contributed by atoms with Crippen LogP contribution in [-0.4, -0.2) is 47.7 Å². The van der Waals surface area contributed by atoms with E-state index in [0.29, 0.717) is 19.5 Å². The minimum absolute atomic E-state index is 0.0507. The minimum atomic E-state index is -0.566. The lowest BCUT2D eigenvalue weighted by atomic mass is 10.0. The standard InChI is InChI=1S/C14H27N3O3/c1-5-11(16-13(19)20-14(2,3)4)12(18)17-8-6-10(15)7-9-17/h10-11H,5-9,15H2,1-4H3,(H,16,19). The van der Waals surface area contributed by atoms with Gasteiger partial charge in [-0.15, -0.1) is 0 Å². The monoisotopic (exact) mass is 285 g/mol. The van der Waals surface area contributed by atoms with Gasteiger partial charge in [-0.05, 0) is 40.0 Å². The summed E-state index contributed by atoms with van der Waals surface area (Å²) in [7, 11) is 0. The summed E-state index contributed by atoms with van der Waals surface area (Å²) in [5.41, 5.74) is 5.26. The lowest BCUT2D eigenvalue weighted by Gasteiger charge is -2.33. The maximum atomic E-state index is 12.4. The highest BCUT2D eigenvalue weighted by molar-refractivity contribution is 5.85. The first-order valence-corrected chi connectivity index (χ1v) is 7.27. The smallest absolute Gasteiger partial charge is 0.408 e. The van der Waals surface area contributed by atoms with Gasteiger partial charge in [-0.2, -0.15) is 0 Å². The van der Waals surface area contributed by atoms with E-state index in [-0.39, 0.29) is 11.9 Å². The van der Waals surface area contributed by atoms with E-state index in [2.05, 4.69) is 5.32 Å². The second-order valence-corrected chi connectivity index (χ2v) is 6.27. The number of carbonyl (C=O) groups is 2. The quantitative estimate of drug-likeness (QED) is 0.817. The zero-order valence-corrected chi connectivity index (χ0v) is 12.9. The van der Waals surface area contributed by atoms with Crippen molar-refractivity contribution in [2.45, 2.75) is 64.6 Å². The SMILES string of the molecule is CCC(NC(=O)OC(C)(C)C)C(=O)N1CCC(N)CC1. The lowest BCUT2D eigenvalue weighted by molar-refractivity contribution is -0.134. The normalized spacial score (nSPS) is 18.6. The molecule has 1 unspecified atom stereocenters. The number of likely N-dealkylation sites (tertiary alicyclic amines) is 1. The number of hydrogen-bond donors (Lipinski definition) is 2. The largest absolute Gasteiger partial charge is 0.444 e. The van der Waals surface area contributed by atoms with E-state index >= 15 is 0 Å². The summed E-state index contributed by atoms with van der Waals surface area (Å²) < 4.78 is 5.18. The fourth-order valence-corrected chi connectivity index (χ4v) is 2.13. The Morgan fingerprint density at radius 1 is 1.35 bits per heavy atom. The van der Waals surface area contributed by atoms with Gasteiger partial charge in [0.15, 0.2) is 0 Å². The molecule has 1 fully saturated rings. The van der Waals surface area contributed by atoms with Gasteiger partial charge in [0.25, 0.3) is 0 Å². The molecule has 0 aromatic rings. The van der Waals surface area contributed by atoms with Crippen molar-refractivity contribution in [2.75, 3.05) is 13.1 Å². The van der Waals surface area contributed by atoms with Crippen LogP contribution in [0.3, 0.4) is 0 Å². The molecule has 6 nitrogen and oxygen atoms in total. The van der Waals surface area contributed by atoms with Crippen LogP contribution in [0.15, 0.2) is 0 Å². The third kappa shape index (κ3) is 5.36. The highest BCUT2D eigenvalue weighted by Crippen LogP contribution is 2.12. The Labute approximate surface area is 121 Å². The highest BCUT2D eigenvalue weighted by Gasteiger charge is 2.28. The predicted octanol–water partition coefficient (Wildman–Crippen LogP) is 1.24. The summed E-state index contributed by atoms with van der Waals surface area (Å²) in [5, 5.41) is 2.65. The molecule has 0 aliphatic carbocycles. The molecule has 1 saturated heterocycles. The molecule has 1 atom stereocenters. The Bertz CT molecular complexity index is 344. The van der Waals surface area contributed by atoms with Crippen molar-refractivity contribution in [2.24, 2.45) is 5.73 Å². The average molecular weight is 285 g/mol. The van der Waals surface area contributed by atoms with E-state index < -0.39 is 17.7 Å². The predicted molar refractivity (Wildman–Crippen MR) is 77.2 cm³/mol. The van der Waals surface area contributed by atoms with Crippen molar-refractivity contribution < 1.29 is 14.3 Å². The molecular weight excluding hydrogens is 258 g/mol. The van der Waals surface area contributed by atoms with E-state index in [9.17, 15) is 9.59 Å². The number of alkyl carbamates (subject to hydrolysis) is 1. The van der Waals surface area contributed by atoms with Gasteiger partial charge in [0.05, 0.1) is 0 Å². The number of piperidine rings is 1. The third-order valence-electron chi connectivity index (χ3n) is 3.25. The number of nitrogens with two attached hydrogens (primary N) is 1. The Balaban J connectivity index is 2.53. The van der Waals surface area contributed by atoms with Gasteiger partial charge in [-0.1, -0.05) is 6.92 Å². The van der Waals surface area contributed by atoms with Gasteiger partial charge < -0.3 is 20.7 Å². The van der Waals surface area contributed by atoms with Crippen LogP contribution in [0.2, 0.25) is 0 Å². The van der Waals surface area contributed by atoms with Crippen molar-refractivity contribution in [3.05, 3.63) is 0 Å². The van der Waals surface area contributed by atoms with E-state index in [1.807, 2.05) is 6.92 Å². The second kappa shape index (κ2) is 6.92. The molecule has 20 heavy (non-hydrogen) atoms. The number of rotatable bonds is 3. The van der Waals surface area contributed by atoms with Crippen LogP contribution in [0.1, 0.15) is 47.0 Å². The first-order chi connectivity index (χ1) is 9.23. The molecular formula is C14H27N3O3. The summed E-state index contributed by atoms with van der Waals surface area (Å²) in [6.45, 7) is 8.57. The molecule has 1 aliphatic rings. The van der Waals surface area contributed by atoms with Crippen molar-refractivity contribution in [3.63, 3.8) is 0 Å². The number of carbonyl (C=O) groups excluding carboxylic acids is 2. The Hall–Kier alpha value is -1.30. The Morgan fingerprint density at radius 2 is 1.90 bits per heavy atom. The van der Waals surface area contributed by atoms with Crippen molar-refractivity contribution in [3.8, 4) is 0 Å². The van der Waals surface area contributed by atoms with Crippen LogP contribution >= 0.6 is 0 Å². The van der Waals surface area contributed by atoms with Crippen LogP contribution in [-0.2, 0) is 9.53 Å². The fourth-order valence-electron chi connectivity index (χ4n) is 2.13. The van der Waals surface area contributed by atoms with E-state index in [0.717, 1.165) is 12.8 Å². The van der Waals surface area contributed by atoms with E-state index in [1.54, 1.807) is 25.7 Å². The summed E-state index contributed by atoms with van der Waals surface area (Å²) >= 11 is 0. The average Bonchev–Trinajstić information content (AvgIpc) is 2.34. The molecule has 0 radical (unpaired) electrons. The molecule has 0 aromatic heterocycles. The maximum absolute atomic E-state index is 12.4. The van der Waals surface area contributed by atoms with Gasteiger partial charge in [0.2, 0.25) is 5.91 Å². The topological polar surface area (TPSA) is 84.7 Å². The summed E-state index contributed by atoms with van der Waals surface area (Å²) in [5.74, 6) is -0.0507. The number of ether oxygens (including phenoxy) is 1. The zero-order valence-electron chi connectivity index (χ0n) is 12.9. The van der Waals surface area contributed by atoms with Crippen LogP contribution in [0.25, 0.3) is 0 Å². The molecule has 6 heteroatoms. The van der Waals surface area contributed by atoms with Crippen LogP contribution in [0.5, 0.6) is 0 Å². The van der Waals surface area contributed by atoms with Gasteiger partial charge >= 0.3 is 6.09 Å². The van der Waals surface area contributed by atoms with Crippen LogP contribution in [0, 0.1) is 0 Å². The molecule has 1 aliphatic heterocycles. The number of hydrogen-bond acceptors (Lipinski definition) is 4. The molecule has 2 amide bonds. The van der Waals surface area contributed by atoms with Crippen molar-refractivity contribution in [1.82, 2.24) is 10.2 Å². The first kappa shape index (κ1) is 16.8. The van der Waals surface area contributed by atoms with Gasteiger partial charge in [-0.3, -0.25) is 4.79 Å². The fraction of sp³-hybridized carbons (Fsp3) is 0.857. The molecule has 0 saturated carbocycles. The molecule has 116 valence electrons. The number of nitrogens with one attached hydrogen (secondary N) is 1. The Kier molecular flexibility index (Phi) is 5.80. The molecule has 0 spiro atoms. The summed E-state index contributed by atoms with van der Waals surface area (Å²) in [6.07, 6.45) is 1.62. The molecule has 0 bridgehead atoms. The van der Waals surface area contributed by atoms with Gasteiger partial charge in [-0.25, -0.2) is 4.79 Å². The summed E-state index contributed by atoms with van der Waals surface area (Å²) in [4.78, 5) is 25.9. The Morgan fingerprint density at radius 3 is 2.35 bits per heavy atom.